The Morgan fingerprint density at radius 1 is 1.39 bits per heavy atom. The minimum absolute atomic E-state index is 0.543. The molecule has 1 aromatic carbocycles. The second-order valence-electron chi connectivity index (χ2n) is 5.33. The van der Waals surface area contributed by atoms with Gasteiger partial charge in [-0.15, -0.1) is 0 Å². The van der Waals surface area contributed by atoms with Crippen molar-refractivity contribution in [2.24, 2.45) is 5.92 Å². The van der Waals surface area contributed by atoms with E-state index in [0.717, 1.165) is 18.1 Å². The topological polar surface area (TPSA) is 24.5 Å². The van der Waals surface area contributed by atoms with E-state index in [4.69, 9.17) is 4.74 Å². The van der Waals surface area contributed by atoms with Gasteiger partial charge >= 0.3 is 0 Å². The van der Waals surface area contributed by atoms with Crippen molar-refractivity contribution >= 4 is 0 Å². The molecule has 1 atom stereocenters. The smallest absolute Gasteiger partial charge is 0.122 e. The van der Waals surface area contributed by atoms with Gasteiger partial charge in [-0.1, -0.05) is 18.2 Å². The van der Waals surface area contributed by atoms with E-state index in [9.17, 15) is 0 Å². The van der Waals surface area contributed by atoms with E-state index in [1.807, 2.05) is 12.1 Å². The van der Waals surface area contributed by atoms with Crippen molar-refractivity contribution in [3.8, 4) is 5.75 Å². The van der Waals surface area contributed by atoms with Gasteiger partial charge in [0.15, 0.2) is 0 Å². The maximum Gasteiger partial charge on any atom is 0.122 e. The Morgan fingerprint density at radius 3 is 2.72 bits per heavy atom. The van der Waals surface area contributed by atoms with Crippen LogP contribution in [0.5, 0.6) is 5.75 Å². The van der Waals surface area contributed by atoms with Crippen LogP contribution in [-0.2, 0) is 6.42 Å². The molecule has 1 aliphatic rings. The van der Waals surface area contributed by atoms with Crippen molar-refractivity contribution in [2.45, 2.75) is 19.4 Å². The third-order valence-electron chi connectivity index (χ3n) is 3.87. The van der Waals surface area contributed by atoms with Gasteiger partial charge in [-0.05, 0) is 37.9 Å². The fraction of sp³-hybridized carbons (Fsp3) is 0.600. The van der Waals surface area contributed by atoms with E-state index < -0.39 is 0 Å². The lowest BCUT2D eigenvalue weighted by Gasteiger charge is -2.34. The summed E-state index contributed by atoms with van der Waals surface area (Å²) in [4.78, 5) is 2.46. The van der Waals surface area contributed by atoms with Crippen LogP contribution >= 0.6 is 0 Å². The van der Waals surface area contributed by atoms with Crippen molar-refractivity contribution in [3.05, 3.63) is 29.8 Å². The number of benzene rings is 1. The first-order valence-corrected chi connectivity index (χ1v) is 6.73. The van der Waals surface area contributed by atoms with Crippen LogP contribution in [0.2, 0.25) is 0 Å². The molecule has 0 amide bonds. The molecule has 0 aliphatic carbocycles. The van der Waals surface area contributed by atoms with E-state index in [0.29, 0.717) is 6.04 Å². The van der Waals surface area contributed by atoms with Gasteiger partial charge in [0.25, 0.3) is 0 Å². The second kappa shape index (κ2) is 6.21. The zero-order valence-electron chi connectivity index (χ0n) is 11.6. The molecule has 0 spiro atoms. The average molecular weight is 248 g/mol. The van der Waals surface area contributed by atoms with Gasteiger partial charge in [0.05, 0.1) is 7.11 Å². The molecule has 3 nitrogen and oxygen atoms in total. The summed E-state index contributed by atoms with van der Waals surface area (Å²) < 4.78 is 5.41. The first kappa shape index (κ1) is 13.4. The van der Waals surface area contributed by atoms with Crippen molar-refractivity contribution in [2.75, 3.05) is 33.8 Å². The number of rotatable bonds is 6. The molecule has 1 unspecified atom stereocenters. The van der Waals surface area contributed by atoms with Crippen molar-refractivity contribution in [1.82, 2.24) is 10.2 Å². The van der Waals surface area contributed by atoms with Crippen LogP contribution in [0.3, 0.4) is 0 Å². The molecule has 1 aliphatic heterocycles. The van der Waals surface area contributed by atoms with Crippen LogP contribution < -0.4 is 10.1 Å². The molecule has 0 radical (unpaired) electrons. The molecule has 2 rings (SSSR count). The fourth-order valence-corrected chi connectivity index (χ4v) is 2.41. The maximum absolute atomic E-state index is 5.41. The molecule has 0 bridgehead atoms. The fourth-order valence-electron chi connectivity index (χ4n) is 2.41. The summed E-state index contributed by atoms with van der Waals surface area (Å²) in [6.07, 6.45) is 1.04. The maximum atomic E-state index is 5.41. The summed E-state index contributed by atoms with van der Waals surface area (Å²) in [5.41, 5.74) is 1.30. The minimum atomic E-state index is 0.543. The van der Waals surface area contributed by atoms with Crippen LogP contribution in [0.4, 0.5) is 0 Å². The van der Waals surface area contributed by atoms with Crippen LogP contribution in [-0.4, -0.2) is 44.7 Å². The zero-order chi connectivity index (χ0) is 13.0. The summed E-state index contributed by atoms with van der Waals surface area (Å²) in [5.74, 6) is 1.83. The predicted octanol–water partition coefficient (Wildman–Crippen LogP) is 1.78. The highest BCUT2D eigenvalue weighted by molar-refractivity contribution is 5.33. The summed E-state index contributed by atoms with van der Waals surface area (Å²) in [7, 11) is 3.96. The largest absolute Gasteiger partial charge is 0.496 e. The molecule has 18 heavy (non-hydrogen) atoms. The summed E-state index contributed by atoms with van der Waals surface area (Å²) >= 11 is 0. The lowest BCUT2D eigenvalue weighted by atomic mass is 10.0. The second-order valence-corrected chi connectivity index (χ2v) is 5.33. The van der Waals surface area contributed by atoms with E-state index >= 15 is 0 Å². The summed E-state index contributed by atoms with van der Waals surface area (Å²) in [5, 5.41) is 3.33. The number of hydrogen-bond donors (Lipinski definition) is 1. The van der Waals surface area contributed by atoms with Crippen LogP contribution in [0, 0.1) is 5.92 Å². The molecular weight excluding hydrogens is 224 g/mol. The number of ether oxygens (including phenoxy) is 1. The molecule has 0 saturated carbocycles. The van der Waals surface area contributed by atoms with Crippen molar-refractivity contribution in [3.63, 3.8) is 0 Å². The Morgan fingerprint density at radius 2 is 2.11 bits per heavy atom. The first-order chi connectivity index (χ1) is 8.70. The quantitative estimate of drug-likeness (QED) is 0.830. The number of nitrogens with one attached hydrogen (secondary N) is 1. The Labute approximate surface area is 110 Å². The third-order valence-corrected chi connectivity index (χ3v) is 3.87. The SMILES string of the molecule is COc1ccccc1CC(C)N(C)CC1CNC1. The Balaban J connectivity index is 1.90. The molecular formula is C15H24N2O. The Bertz CT molecular complexity index is 377. The first-order valence-electron chi connectivity index (χ1n) is 6.73. The highest BCUT2D eigenvalue weighted by Gasteiger charge is 2.21. The Hall–Kier alpha value is -1.06. The predicted molar refractivity (Wildman–Crippen MR) is 75.1 cm³/mol. The lowest BCUT2D eigenvalue weighted by Crippen LogP contribution is -2.49. The third kappa shape index (κ3) is 3.24. The molecule has 3 heteroatoms. The highest BCUT2D eigenvalue weighted by atomic mass is 16.5. The zero-order valence-corrected chi connectivity index (χ0v) is 11.6. The van der Waals surface area contributed by atoms with Gasteiger partial charge in [0.2, 0.25) is 0 Å². The monoisotopic (exact) mass is 248 g/mol. The molecule has 1 aromatic rings. The molecule has 1 N–H and O–H groups in total. The molecule has 1 heterocycles. The van der Waals surface area contributed by atoms with Gasteiger partial charge in [-0.2, -0.15) is 0 Å². The number of para-hydroxylation sites is 1. The summed E-state index contributed by atoms with van der Waals surface area (Å²) in [6, 6.07) is 8.85. The van der Waals surface area contributed by atoms with Crippen molar-refractivity contribution < 1.29 is 4.74 Å². The van der Waals surface area contributed by atoms with Gasteiger partial charge in [-0.3, -0.25) is 0 Å². The van der Waals surface area contributed by atoms with E-state index in [1.54, 1.807) is 7.11 Å². The average Bonchev–Trinajstić information content (AvgIpc) is 2.34. The van der Waals surface area contributed by atoms with Crippen LogP contribution in [0.1, 0.15) is 12.5 Å². The number of methoxy groups -OCH3 is 1. The van der Waals surface area contributed by atoms with E-state index in [2.05, 4.69) is 36.3 Å². The number of likely N-dealkylation sites (N-methyl/N-ethyl adjacent to an activating group) is 1. The molecule has 1 saturated heterocycles. The standard InChI is InChI=1S/C15H24N2O/c1-12(17(2)11-13-9-16-10-13)8-14-6-4-5-7-15(14)18-3/h4-7,12-13,16H,8-11H2,1-3H3. The minimum Gasteiger partial charge on any atom is -0.496 e. The lowest BCUT2D eigenvalue weighted by molar-refractivity contribution is 0.182. The van der Waals surface area contributed by atoms with Crippen LogP contribution in [0.25, 0.3) is 0 Å². The van der Waals surface area contributed by atoms with Crippen LogP contribution in [0.15, 0.2) is 24.3 Å². The summed E-state index contributed by atoms with van der Waals surface area (Å²) in [6.45, 7) is 5.82. The number of hydrogen-bond acceptors (Lipinski definition) is 3. The van der Waals surface area contributed by atoms with E-state index in [-0.39, 0.29) is 0 Å². The van der Waals surface area contributed by atoms with Gasteiger partial charge < -0.3 is 15.0 Å². The normalized spacial score (nSPS) is 17.6. The van der Waals surface area contributed by atoms with Gasteiger partial charge in [-0.25, -0.2) is 0 Å². The highest BCUT2D eigenvalue weighted by Crippen LogP contribution is 2.20. The molecule has 100 valence electrons. The van der Waals surface area contributed by atoms with Crippen molar-refractivity contribution in [1.29, 1.82) is 0 Å². The molecule has 0 aromatic heterocycles. The Kier molecular flexibility index (Phi) is 4.61. The number of nitrogens with zero attached hydrogens (tertiary/aromatic N) is 1. The van der Waals surface area contributed by atoms with Gasteiger partial charge in [0.1, 0.15) is 5.75 Å². The van der Waals surface area contributed by atoms with E-state index in [1.165, 1.54) is 25.2 Å². The molecule has 1 fully saturated rings. The van der Waals surface area contributed by atoms with Gasteiger partial charge in [0, 0.05) is 25.7 Å².